The molecule has 0 radical (unpaired) electrons. The van der Waals surface area contributed by atoms with Crippen LogP contribution in [-0.4, -0.2) is 16.8 Å². The van der Waals surface area contributed by atoms with Crippen LogP contribution in [0.15, 0.2) is 29.4 Å². The number of hydrogen-bond donors (Lipinski definition) is 1. The molecule has 3 heteroatoms. The summed E-state index contributed by atoms with van der Waals surface area (Å²) in [6.07, 6.45) is 8.53. The van der Waals surface area contributed by atoms with Crippen molar-refractivity contribution in [2.45, 2.75) is 42.4 Å². The van der Waals surface area contributed by atoms with E-state index in [4.69, 9.17) is 5.73 Å². The fourth-order valence-electron chi connectivity index (χ4n) is 2.35. The van der Waals surface area contributed by atoms with Crippen molar-refractivity contribution in [3.05, 3.63) is 24.4 Å². The molecule has 1 saturated carbocycles. The number of nitrogens with zero attached hydrogens (tertiary/aromatic N) is 1. The van der Waals surface area contributed by atoms with Crippen LogP contribution in [0, 0.1) is 5.92 Å². The van der Waals surface area contributed by atoms with Gasteiger partial charge in [0.1, 0.15) is 0 Å². The zero-order valence-corrected chi connectivity index (χ0v) is 10.5. The number of hydrogen-bond acceptors (Lipinski definition) is 3. The number of aromatic nitrogens is 1. The normalized spacial score (nSPS) is 26.3. The average Bonchev–Trinajstić information content (AvgIpc) is 2.55. The van der Waals surface area contributed by atoms with Crippen LogP contribution in [0.3, 0.4) is 0 Å². The molecule has 1 aromatic heterocycles. The third-order valence-electron chi connectivity index (χ3n) is 3.30. The summed E-state index contributed by atoms with van der Waals surface area (Å²) in [4.78, 5) is 4.39. The maximum atomic E-state index is 5.88. The minimum absolute atomic E-state index is 0.669. The molecule has 1 aliphatic rings. The summed E-state index contributed by atoms with van der Waals surface area (Å²) in [6.45, 7) is 0.824. The highest BCUT2D eigenvalue weighted by molar-refractivity contribution is 7.99. The molecular weight excluding hydrogens is 216 g/mol. The molecule has 0 saturated heterocycles. The molecule has 0 bridgehead atoms. The van der Waals surface area contributed by atoms with Gasteiger partial charge in [-0.05, 0) is 37.4 Å². The standard InChI is InChI=1S/C13H20N2S/c14-10-11-6-2-1-3-7-12(11)16-13-8-4-5-9-15-13/h4-5,8-9,11-12H,1-3,6-7,10,14H2. The van der Waals surface area contributed by atoms with E-state index in [9.17, 15) is 0 Å². The number of nitrogens with two attached hydrogens (primary N) is 1. The lowest BCUT2D eigenvalue weighted by Crippen LogP contribution is -2.24. The predicted molar refractivity (Wildman–Crippen MR) is 69.5 cm³/mol. The highest BCUT2D eigenvalue weighted by Crippen LogP contribution is 2.35. The molecule has 1 heterocycles. The molecule has 0 spiro atoms. The molecular formula is C13H20N2S. The van der Waals surface area contributed by atoms with E-state index in [1.807, 2.05) is 24.0 Å². The molecule has 2 N–H and O–H groups in total. The molecule has 2 atom stereocenters. The third kappa shape index (κ3) is 3.22. The van der Waals surface area contributed by atoms with Crippen molar-refractivity contribution in [1.29, 1.82) is 0 Å². The van der Waals surface area contributed by atoms with Gasteiger partial charge < -0.3 is 5.73 Å². The van der Waals surface area contributed by atoms with Gasteiger partial charge in [-0.15, -0.1) is 11.8 Å². The van der Waals surface area contributed by atoms with E-state index in [1.165, 1.54) is 32.1 Å². The summed E-state index contributed by atoms with van der Waals surface area (Å²) in [5, 5.41) is 1.82. The lowest BCUT2D eigenvalue weighted by Gasteiger charge is -2.22. The van der Waals surface area contributed by atoms with Gasteiger partial charge in [-0.3, -0.25) is 0 Å². The summed E-state index contributed by atoms with van der Waals surface area (Å²) in [6, 6.07) is 6.13. The molecule has 2 rings (SSSR count). The van der Waals surface area contributed by atoms with Crippen molar-refractivity contribution in [3.8, 4) is 0 Å². The Bertz CT molecular complexity index is 302. The van der Waals surface area contributed by atoms with Crippen molar-refractivity contribution in [2.75, 3.05) is 6.54 Å². The van der Waals surface area contributed by atoms with Crippen LogP contribution in [-0.2, 0) is 0 Å². The average molecular weight is 236 g/mol. The first-order valence-corrected chi connectivity index (χ1v) is 7.06. The Balaban J connectivity index is 2.00. The summed E-state index contributed by atoms with van der Waals surface area (Å²) >= 11 is 1.92. The van der Waals surface area contributed by atoms with Crippen molar-refractivity contribution in [2.24, 2.45) is 11.7 Å². The van der Waals surface area contributed by atoms with Crippen LogP contribution < -0.4 is 5.73 Å². The van der Waals surface area contributed by atoms with Gasteiger partial charge in [0.25, 0.3) is 0 Å². The first-order chi connectivity index (χ1) is 7.90. The smallest absolute Gasteiger partial charge is 0.0962 e. The van der Waals surface area contributed by atoms with E-state index >= 15 is 0 Å². The maximum absolute atomic E-state index is 5.88. The minimum atomic E-state index is 0.669. The number of thioether (sulfide) groups is 1. The molecule has 0 aliphatic heterocycles. The van der Waals surface area contributed by atoms with E-state index in [2.05, 4.69) is 17.1 Å². The second kappa shape index (κ2) is 6.26. The molecule has 16 heavy (non-hydrogen) atoms. The van der Waals surface area contributed by atoms with Gasteiger partial charge in [0.2, 0.25) is 0 Å². The Hall–Kier alpha value is -0.540. The zero-order chi connectivity index (χ0) is 11.2. The molecule has 88 valence electrons. The van der Waals surface area contributed by atoms with Crippen LogP contribution in [0.4, 0.5) is 0 Å². The zero-order valence-electron chi connectivity index (χ0n) is 9.64. The third-order valence-corrected chi connectivity index (χ3v) is 4.71. The van der Waals surface area contributed by atoms with Gasteiger partial charge in [-0.25, -0.2) is 4.98 Å². The molecule has 2 unspecified atom stereocenters. The Morgan fingerprint density at radius 1 is 1.25 bits per heavy atom. The molecule has 0 amide bonds. The van der Waals surface area contributed by atoms with Gasteiger partial charge in [0.15, 0.2) is 0 Å². The van der Waals surface area contributed by atoms with Crippen molar-refractivity contribution >= 4 is 11.8 Å². The Morgan fingerprint density at radius 2 is 2.12 bits per heavy atom. The van der Waals surface area contributed by atoms with Crippen LogP contribution in [0.5, 0.6) is 0 Å². The second-order valence-electron chi connectivity index (χ2n) is 4.46. The van der Waals surface area contributed by atoms with E-state index in [0.717, 1.165) is 11.6 Å². The quantitative estimate of drug-likeness (QED) is 0.820. The van der Waals surface area contributed by atoms with E-state index < -0.39 is 0 Å². The van der Waals surface area contributed by atoms with Crippen LogP contribution in [0.25, 0.3) is 0 Å². The molecule has 1 fully saturated rings. The minimum Gasteiger partial charge on any atom is -0.330 e. The van der Waals surface area contributed by atoms with Crippen LogP contribution in [0.1, 0.15) is 32.1 Å². The fourth-order valence-corrected chi connectivity index (χ4v) is 3.66. The Labute approximate surface area is 102 Å². The van der Waals surface area contributed by atoms with Gasteiger partial charge in [-0.1, -0.05) is 25.3 Å². The summed E-state index contributed by atoms with van der Waals surface area (Å²) in [5.41, 5.74) is 5.88. The highest BCUT2D eigenvalue weighted by atomic mass is 32.2. The second-order valence-corrected chi connectivity index (χ2v) is 5.72. The topological polar surface area (TPSA) is 38.9 Å². The SMILES string of the molecule is NCC1CCCCCC1Sc1ccccn1. The van der Waals surface area contributed by atoms with Crippen molar-refractivity contribution in [1.82, 2.24) is 4.98 Å². The van der Waals surface area contributed by atoms with Crippen LogP contribution >= 0.6 is 11.8 Å². The van der Waals surface area contributed by atoms with E-state index in [0.29, 0.717) is 11.2 Å². The Morgan fingerprint density at radius 3 is 2.88 bits per heavy atom. The van der Waals surface area contributed by atoms with Gasteiger partial charge in [0, 0.05) is 11.4 Å². The summed E-state index contributed by atoms with van der Waals surface area (Å²) in [5.74, 6) is 0.675. The van der Waals surface area contributed by atoms with Gasteiger partial charge >= 0.3 is 0 Å². The van der Waals surface area contributed by atoms with Gasteiger partial charge in [0.05, 0.1) is 5.03 Å². The van der Waals surface area contributed by atoms with E-state index in [1.54, 1.807) is 0 Å². The van der Waals surface area contributed by atoms with E-state index in [-0.39, 0.29) is 0 Å². The largest absolute Gasteiger partial charge is 0.330 e. The van der Waals surface area contributed by atoms with Gasteiger partial charge in [-0.2, -0.15) is 0 Å². The first kappa shape index (κ1) is 11.9. The van der Waals surface area contributed by atoms with Crippen molar-refractivity contribution < 1.29 is 0 Å². The fraction of sp³-hybridized carbons (Fsp3) is 0.615. The lowest BCUT2D eigenvalue weighted by atomic mass is 10.0. The monoisotopic (exact) mass is 236 g/mol. The van der Waals surface area contributed by atoms with Crippen LogP contribution in [0.2, 0.25) is 0 Å². The maximum Gasteiger partial charge on any atom is 0.0962 e. The highest BCUT2D eigenvalue weighted by Gasteiger charge is 2.23. The summed E-state index contributed by atoms with van der Waals surface area (Å²) < 4.78 is 0. The molecule has 2 nitrogen and oxygen atoms in total. The lowest BCUT2D eigenvalue weighted by molar-refractivity contribution is 0.483. The van der Waals surface area contributed by atoms with Crippen molar-refractivity contribution in [3.63, 3.8) is 0 Å². The number of rotatable bonds is 3. The molecule has 1 aromatic rings. The number of pyridine rings is 1. The molecule has 0 aromatic carbocycles. The first-order valence-electron chi connectivity index (χ1n) is 6.18. The predicted octanol–water partition coefficient (Wildman–Crippen LogP) is 3.08. The molecule has 1 aliphatic carbocycles. The summed E-state index contributed by atoms with van der Waals surface area (Å²) in [7, 11) is 0. The Kier molecular flexibility index (Phi) is 4.67.